The van der Waals surface area contributed by atoms with Gasteiger partial charge in [-0.3, -0.25) is 4.79 Å². The summed E-state index contributed by atoms with van der Waals surface area (Å²) in [6, 6.07) is 7.43. The number of aryl methyl sites for hydroxylation is 1. The maximum atomic E-state index is 13.5. The van der Waals surface area contributed by atoms with Crippen LogP contribution in [-0.4, -0.2) is 10.9 Å². The highest BCUT2D eigenvalue weighted by atomic mass is 19.1. The Morgan fingerprint density at radius 2 is 2.11 bits per heavy atom. The second kappa shape index (κ2) is 4.83. The molecule has 0 bridgehead atoms. The van der Waals surface area contributed by atoms with E-state index in [2.05, 4.69) is 10.3 Å². The number of hydrogen-bond donors (Lipinski definition) is 2. The number of anilines is 2. The maximum Gasteiger partial charge on any atom is 0.259 e. The van der Waals surface area contributed by atoms with Gasteiger partial charge in [0, 0.05) is 11.9 Å². The monoisotopic (exact) mass is 245 g/mol. The number of nitrogens with zero attached hydrogens (tertiary/aromatic N) is 1. The van der Waals surface area contributed by atoms with Crippen LogP contribution < -0.4 is 11.1 Å². The number of carbonyl (C=O) groups excluding carboxylic acids is 1. The zero-order chi connectivity index (χ0) is 13.1. The molecule has 2 aromatic rings. The van der Waals surface area contributed by atoms with Crippen LogP contribution in [0.15, 0.2) is 36.5 Å². The van der Waals surface area contributed by atoms with Crippen molar-refractivity contribution in [2.75, 3.05) is 11.1 Å². The number of carbonyl (C=O) groups is 1. The molecule has 0 saturated heterocycles. The number of nitrogens with one attached hydrogen (secondary N) is 1. The molecule has 5 heteroatoms. The first-order valence-electron chi connectivity index (χ1n) is 5.35. The van der Waals surface area contributed by atoms with E-state index >= 15 is 0 Å². The van der Waals surface area contributed by atoms with Gasteiger partial charge in [0.05, 0.1) is 5.56 Å². The average molecular weight is 245 g/mol. The van der Waals surface area contributed by atoms with Gasteiger partial charge in [0.25, 0.3) is 5.91 Å². The zero-order valence-corrected chi connectivity index (χ0v) is 9.77. The molecule has 0 aliphatic rings. The molecule has 1 aromatic carbocycles. The molecule has 0 saturated carbocycles. The summed E-state index contributed by atoms with van der Waals surface area (Å²) >= 11 is 0. The largest absolute Gasteiger partial charge is 0.399 e. The summed E-state index contributed by atoms with van der Waals surface area (Å²) in [4.78, 5) is 15.8. The van der Waals surface area contributed by atoms with E-state index in [1.807, 2.05) is 6.92 Å². The van der Waals surface area contributed by atoms with Crippen LogP contribution in [-0.2, 0) is 0 Å². The number of halogens is 1. The normalized spacial score (nSPS) is 10.1. The quantitative estimate of drug-likeness (QED) is 0.798. The van der Waals surface area contributed by atoms with Crippen LogP contribution in [0.3, 0.4) is 0 Å². The molecule has 92 valence electrons. The van der Waals surface area contributed by atoms with Gasteiger partial charge in [-0.05, 0) is 42.8 Å². The van der Waals surface area contributed by atoms with E-state index in [1.54, 1.807) is 18.3 Å². The lowest BCUT2D eigenvalue weighted by atomic mass is 10.2. The Hall–Kier alpha value is -2.43. The molecule has 0 radical (unpaired) electrons. The van der Waals surface area contributed by atoms with E-state index in [0.717, 1.165) is 11.6 Å². The summed E-state index contributed by atoms with van der Waals surface area (Å²) in [5, 5.41) is 2.53. The van der Waals surface area contributed by atoms with Gasteiger partial charge in [-0.2, -0.15) is 0 Å². The van der Waals surface area contributed by atoms with Crippen molar-refractivity contribution in [1.82, 2.24) is 4.98 Å². The van der Waals surface area contributed by atoms with Crippen molar-refractivity contribution in [3.8, 4) is 0 Å². The van der Waals surface area contributed by atoms with Gasteiger partial charge in [0.2, 0.25) is 0 Å². The van der Waals surface area contributed by atoms with Gasteiger partial charge in [0.1, 0.15) is 11.6 Å². The van der Waals surface area contributed by atoms with Crippen LogP contribution in [0.4, 0.5) is 15.9 Å². The maximum absolute atomic E-state index is 13.5. The van der Waals surface area contributed by atoms with Crippen LogP contribution in [0.2, 0.25) is 0 Å². The number of hydrogen-bond acceptors (Lipinski definition) is 3. The smallest absolute Gasteiger partial charge is 0.259 e. The number of pyridine rings is 1. The minimum Gasteiger partial charge on any atom is -0.399 e. The van der Waals surface area contributed by atoms with Crippen LogP contribution in [0.25, 0.3) is 0 Å². The summed E-state index contributed by atoms with van der Waals surface area (Å²) in [7, 11) is 0. The fourth-order valence-corrected chi connectivity index (χ4v) is 1.50. The second-order valence-corrected chi connectivity index (χ2v) is 3.91. The van der Waals surface area contributed by atoms with Crippen LogP contribution in [0.5, 0.6) is 0 Å². The summed E-state index contributed by atoms with van der Waals surface area (Å²) < 4.78 is 13.5. The summed E-state index contributed by atoms with van der Waals surface area (Å²) in [5.74, 6) is -0.818. The Morgan fingerprint density at radius 1 is 1.33 bits per heavy atom. The molecule has 18 heavy (non-hydrogen) atoms. The number of benzene rings is 1. The Labute approximate surface area is 104 Å². The molecule has 2 rings (SSSR count). The second-order valence-electron chi connectivity index (χ2n) is 3.91. The molecule has 0 aliphatic carbocycles. The van der Waals surface area contributed by atoms with Crippen LogP contribution in [0, 0.1) is 12.7 Å². The fraction of sp³-hybridized carbons (Fsp3) is 0.0769. The lowest BCUT2D eigenvalue weighted by Crippen LogP contribution is -2.14. The third kappa shape index (κ3) is 2.63. The van der Waals surface area contributed by atoms with E-state index < -0.39 is 11.7 Å². The molecule has 3 N–H and O–H groups in total. The number of nitrogen functional groups attached to an aromatic ring is 1. The Morgan fingerprint density at radius 3 is 2.78 bits per heavy atom. The molecule has 1 heterocycles. The molecule has 0 unspecified atom stereocenters. The SMILES string of the molecule is Cc1ccnc(NC(=O)c2ccc(N)cc2F)c1. The molecule has 1 amide bonds. The van der Waals surface area contributed by atoms with Gasteiger partial charge in [0.15, 0.2) is 0 Å². The Kier molecular flexibility index (Phi) is 3.23. The van der Waals surface area contributed by atoms with Crippen molar-refractivity contribution in [3.63, 3.8) is 0 Å². The lowest BCUT2D eigenvalue weighted by Gasteiger charge is -2.06. The summed E-state index contributed by atoms with van der Waals surface area (Å²) in [5.41, 5.74) is 6.59. The van der Waals surface area contributed by atoms with E-state index in [0.29, 0.717) is 5.82 Å². The van der Waals surface area contributed by atoms with Crippen LogP contribution >= 0.6 is 0 Å². The molecule has 0 aliphatic heterocycles. The Bertz CT molecular complexity index is 599. The highest BCUT2D eigenvalue weighted by Crippen LogP contribution is 2.14. The van der Waals surface area contributed by atoms with E-state index in [1.165, 1.54) is 12.1 Å². The van der Waals surface area contributed by atoms with Crippen molar-refractivity contribution >= 4 is 17.4 Å². The van der Waals surface area contributed by atoms with Gasteiger partial charge >= 0.3 is 0 Å². The Balaban J connectivity index is 2.22. The topological polar surface area (TPSA) is 68.0 Å². The number of rotatable bonds is 2. The average Bonchev–Trinajstić information content (AvgIpc) is 2.28. The van der Waals surface area contributed by atoms with Gasteiger partial charge in [-0.25, -0.2) is 9.37 Å². The molecule has 1 aromatic heterocycles. The van der Waals surface area contributed by atoms with Crippen molar-refractivity contribution in [2.45, 2.75) is 6.92 Å². The highest BCUT2D eigenvalue weighted by molar-refractivity contribution is 6.04. The fourth-order valence-electron chi connectivity index (χ4n) is 1.50. The molecule has 0 fully saturated rings. The van der Waals surface area contributed by atoms with Gasteiger partial charge < -0.3 is 11.1 Å². The predicted molar refractivity (Wildman–Crippen MR) is 67.7 cm³/mol. The van der Waals surface area contributed by atoms with Crippen molar-refractivity contribution in [3.05, 3.63) is 53.5 Å². The first-order chi connectivity index (χ1) is 8.56. The molecular formula is C13H12FN3O. The zero-order valence-electron chi connectivity index (χ0n) is 9.77. The minimum atomic E-state index is -0.653. The number of nitrogens with two attached hydrogens (primary N) is 1. The van der Waals surface area contributed by atoms with Crippen molar-refractivity contribution < 1.29 is 9.18 Å². The predicted octanol–water partition coefficient (Wildman–Crippen LogP) is 2.36. The number of aromatic nitrogens is 1. The van der Waals surface area contributed by atoms with Gasteiger partial charge in [-0.15, -0.1) is 0 Å². The first kappa shape index (κ1) is 12.0. The first-order valence-corrected chi connectivity index (χ1v) is 5.35. The molecule has 0 spiro atoms. The third-order valence-electron chi connectivity index (χ3n) is 2.39. The molecule has 0 atom stereocenters. The van der Waals surface area contributed by atoms with Gasteiger partial charge in [-0.1, -0.05) is 0 Å². The number of amides is 1. The lowest BCUT2D eigenvalue weighted by molar-refractivity contribution is 0.102. The van der Waals surface area contributed by atoms with E-state index in [9.17, 15) is 9.18 Å². The minimum absolute atomic E-state index is 0.0625. The third-order valence-corrected chi connectivity index (χ3v) is 2.39. The standard InChI is InChI=1S/C13H12FN3O/c1-8-4-5-16-12(6-8)17-13(18)10-3-2-9(15)7-11(10)14/h2-7H,15H2,1H3,(H,16,17,18). The van der Waals surface area contributed by atoms with E-state index in [4.69, 9.17) is 5.73 Å². The highest BCUT2D eigenvalue weighted by Gasteiger charge is 2.12. The summed E-state index contributed by atoms with van der Waals surface area (Å²) in [6.45, 7) is 1.88. The van der Waals surface area contributed by atoms with Crippen molar-refractivity contribution in [1.29, 1.82) is 0 Å². The molecule has 4 nitrogen and oxygen atoms in total. The van der Waals surface area contributed by atoms with Crippen molar-refractivity contribution in [2.24, 2.45) is 0 Å². The van der Waals surface area contributed by atoms with Crippen LogP contribution in [0.1, 0.15) is 15.9 Å². The summed E-state index contributed by atoms with van der Waals surface area (Å²) in [6.07, 6.45) is 1.57. The van der Waals surface area contributed by atoms with E-state index in [-0.39, 0.29) is 11.3 Å². The molecular weight excluding hydrogens is 233 g/mol.